The van der Waals surface area contributed by atoms with Crippen molar-refractivity contribution in [1.82, 2.24) is 9.47 Å². The number of hydrogen-bond donors (Lipinski definition) is 0. The summed E-state index contributed by atoms with van der Waals surface area (Å²) in [5.41, 5.74) is 2.24. The van der Waals surface area contributed by atoms with Crippen molar-refractivity contribution in [3.8, 4) is 0 Å². The number of carbonyl (C=O) groups is 1. The zero-order chi connectivity index (χ0) is 18.1. The van der Waals surface area contributed by atoms with Gasteiger partial charge in [0.2, 0.25) is 0 Å². The fourth-order valence-corrected chi connectivity index (χ4v) is 3.62. The van der Waals surface area contributed by atoms with Gasteiger partial charge in [0.25, 0.3) is 11.5 Å². The lowest BCUT2D eigenvalue weighted by molar-refractivity contribution is 0.0608. The maximum atomic E-state index is 13.6. The van der Waals surface area contributed by atoms with E-state index in [1.54, 1.807) is 24.9 Å². The molecule has 2 heterocycles. The first kappa shape index (κ1) is 17.4. The topological polar surface area (TPSA) is 42.3 Å². The first-order chi connectivity index (χ1) is 11.9. The number of likely N-dealkylation sites (tertiary alicyclic amines) is 1. The summed E-state index contributed by atoms with van der Waals surface area (Å²) in [5, 5.41) is 0. The van der Waals surface area contributed by atoms with Gasteiger partial charge in [0.05, 0.1) is 6.04 Å². The molecule has 5 heteroatoms. The number of aryl methyl sites for hydroxylation is 2. The van der Waals surface area contributed by atoms with Gasteiger partial charge >= 0.3 is 0 Å². The normalized spacial score (nSPS) is 17.6. The van der Waals surface area contributed by atoms with E-state index in [4.69, 9.17) is 0 Å². The molecular weight excluding hydrogens is 319 g/mol. The molecule has 132 valence electrons. The van der Waals surface area contributed by atoms with Crippen LogP contribution in [0.1, 0.15) is 52.5 Å². The molecule has 1 fully saturated rings. The van der Waals surface area contributed by atoms with Crippen molar-refractivity contribution in [2.45, 2.75) is 39.2 Å². The number of pyridine rings is 1. The van der Waals surface area contributed by atoms with E-state index in [1.165, 1.54) is 16.7 Å². The summed E-state index contributed by atoms with van der Waals surface area (Å²) < 4.78 is 15.1. The quantitative estimate of drug-likeness (QED) is 0.838. The molecule has 1 aliphatic rings. The first-order valence-corrected chi connectivity index (χ1v) is 8.64. The van der Waals surface area contributed by atoms with Crippen LogP contribution in [-0.4, -0.2) is 21.9 Å². The van der Waals surface area contributed by atoms with Gasteiger partial charge in [0.1, 0.15) is 11.4 Å². The highest BCUT2D eigenvalue weighted by Gasteiger charge is 2.31. The molecule has 1 saturated heterocycles. The summed E-state index contributed by atoms with van der Waals surface area (Å²) in [6.45, 7) is 4.22. The predicted octanol–water partition coefficient (Wildman–Crippen LogP) is 3.51. The van der Waals surface area contributed by atoms with Crippen LogP contribution in [0.5, 0.6) is 0 Å². The highest BCUT2D eigenvalue weighted by Crippen LogP contribution is 2.32. The number of piperidine rings is 1. The number of hydrogen-bond acceptors (Lipinski definition) is 2. The molecule has 1 atom stereocenters. The van der Waals surface area contributed by atoms with Crippen molar-refractivity contribution in [3.05, 3.63) is 68.9 Å². The number of halogens is 1. The standard InChI is InChI=1S/C20H23FN2O2/c1-13-11-14(2)22(3)19(24)18(13)20(25)23-10-5-4-9-17(23)15-7-6-8-16(21)12-15/h6-8,11-12,17H,4-5,9-10H2,1-3H3/t17-/m1/s1. The zero-order valence-corrected chi connectivity index (χ0v) is 14.9. The van der Waals surface area contributed by atoms with Gasteiger partial charge in [0, 0.05) is 19.3 Å². The van der Waals surface area contributed by atoms with Gasteiger partial charge in [-0.15, -0.1) is 0 Å². The minimum absolute atomic E-state index is 0.192. The van der Waals surface area contributed by atoms with E-state index in [0.717, 1.165) is 30.5 Å². The number of nitrogens with zero attached hydrogens (tertiary/aromatic N) is 2. The molecule has 1 aliphatic heterocycles. The zero-order valence-electron chi connectivity index (χ0n) is 14.9. The number of benzene rings is 1. The molecule has 1 aromatic heterocycles. The lowest BCUT2D eigenvalue weighted by Gasteiger charge is -2.36. The molecule has 0 bridgehead atoms. The monoisotopic (exact) mass is 342 g/mol. The Kier molecular flexibility index (Phi) is 4.75. The fraction of sp³-hybridized carbons (Fsp3) is 0.400. The first-order valence-electron chi connectivity index (χ1n) is 8.64. The molecule has 1 aromatic carbocycles. The van der Waals surface area contributed by atoms with Crippen molar-refractivity contribution in [2.75, 3.05) is 6.54 Å². The van der Waals surface area contributed by atoms with Crippen LogP contribution < -0.4 is 5.56 Å². The van der Waals surface area contributed by atoms with Crippen molar-refractivity contribution in [3.63, 3.8) is 0 Å². The second-order valence-corrected chi connectivity index (χ2v) is 6.77. The third kappa shape index (κ3) is 3.23. The van der Waals surface area contributed by atoms with Crippen LogP contribution in [0.25, 0.3) is 0 Å². The number of carbonyl (C=O) groups excluding carboxylic acids is 1. The third-order valence-corrected chi connectivity index (χ3v) is 5.08. The summed E-state index contributed by atoms with van der Waals surface area (Å²) >= 11 is 0. The molecule has 0 spiro atoms. The van der Waals surface area contributed by atoms with Gasteiger partial charge in [-0.3, -0.25) is 9.59 Å². The molecule has 0 unspecified atom stereocenters. The van der Waals surface area contributed by atoms with E-state index >= 15 is 0 Å². The average molecular weight is 342 g/mol. The summed E-state index contributed by atoms with van der Waals surface area (Å²) in [6.07, 6.45) is 2.65. The summed E-state index contributed by atoms with van der Waals surface area (Å²) in [5.74, 6) is -0.565. The van der Waals surface area contributed by atoms with Crippen LogP contribution in [0.3, 0.4) is 0 Å². The Morgan fingerprint density at radius 3 is 2.68 bits per heavy atom. The Labute approximate surface area is 146 Å². The lowest BCUT2D eigenvalue weighted by Crippen LogP contribution is -2.42. The molecule has 2 aromatic rings. The second kappa shape index (κ2) is 6.82. The Morgan fingerprint density at radius 2 is 1.96 bits per heavy atom. The van der Waals surface area contributed by atoms with E-state index in [2.05, 4.69) is 0 Å². The SMILES string of the molecule is Cc1cc(C)n(C)c(=O)c1C(=O)N1CCCC[C@@H]1c1cccc(F)c1. The van der Waals surface area contributed by atoms with E-state index in [9.17, 15) is 14.0 Å². The minimum atomic E-state index is -0.307. The number of amides is 1. The summed E-state index contributed by atoms with van der Waals surface area (Å²) in [7, 11) is 1.67. The van der Waals surface area contributed by atoms with Crippen LogP contribution in [0.2, 0.25) is 0 Å². The summed E-state index contributed by atoms with van der Waals surface area (Å²) in [6, 6.07) is 8.06. The maximum absolute atomic E-state index is 13.6. The van der Waals surface area contributed by atoms with E-state index in [-0.39, 0.29) is 28.9 Å². The Hall–Kier alpha value is -2.43. The highest BCUT2D eigenvalue weighted by atomic mass is 19.1. The maximum Gasteiger partial charge on any atom is 0.263 e. The molecule has 0 saturated carbocycles. The minimum Gasteiger partial charge on any atom is -0.331 e. The average Bonchev–Trinajstić information content (AvgIpc) is 2.59. The van der Waals surface area contributed by atoms with Crippen LogP contribution >= 0.6 is 0 Å². The number of rotatable bonds is 2. The smallest absolute Gasteiger partial charge is 0.263 e. The lowest BCUT2D eigenvalue weighted by atomic mass is 9.94. The molecule has 0 radical (unpaired) electrons. The van der Waals surface area contributed by atoms with Gasteiger partial charge < -0.3 is 9.47 Å². The van der Waals surface area contributed by atoms with Gasteiger partial charge in [0.15, 0.2) is 0 Å². The fourth-order valence-electron chi connectivity index (χ4n) is 3.62. The van der Waals surface area contributed by atoms with Crippen molar-refractivity contribution < 1.29 is 9.18 Å². The molecular formula is C20H23FN2O2. The van der Waals surface area contributed by atoms with E-state index in [1.807, 2.05) is 19.1 Å². The van der Waals surface area contributed by atoms with Crippen LogP contribution in [0.4, 0.5) is 4.39 Å². The molecule has 0 N–H and O–H groups in total. The Balaban J connectivity index is 2.03. The van der Waals surface area contributed by atoms with E-state index < -0.39 is 0 Å². The van der Waals surface area contributed by atoms with Crippen molar-refractivity contribution in [1.29, 1.82) is 0 Å². The van der Waals surface area contributed by atoms with Crippen LogP contribution in [0, 0.1) is 19.7 Å². The molecule has 3 rings (SSSR count). The molecule has 0 aliphatic carbocycles. The van der Waals surface area contributed by atoms with Gasteiger partial charge in [-0.25, -0.2) is 4.39 Å². The summed E-state index contributed by atoms with van der Waals surface area (Å²) in [4.78, 5) is 27.6. The highest BCUT2D eigenvalue weighted by molar-refractivity contribution is 5.95. The Bertz CT molecular complexity index is 872. The molecule has 4 nitrogen and oxygen atoms in total. The van der Waals surface area contributed by atoms with Crippen LogP contribution in [-0.2, 0) is 7.05 Å². The molecule has 25 heavy (non-hydrogen) atoms. The van der Waals surface area contributed by atoms with Crippen molar-refractivity contribution in [2.24, 2.45) is 7.05 Å². The second-order valence-electron chi connectivity index (χ2n) is 6.77. The van der Waals surface area contributed by atoms with Crippen LogP contribution in [0.15, 0.2) is 35.1 Å². The van der Waals surface area contributed by atoms with Crippen molar-refractivity contribution >= 4 is 5.91 Å². The third-order valence-electron chi connectivity index (χ3n) is 5.08. The van der Waals surface area contributed by atoms with E-state index in [0.29, 0.717) is 12.1 Å². The molecule has 1 amide bonds. The van der Waals surface area contributed by atoms with Gasteiger partial charge in [-0.1, -0.05) is 12.1 Å². The Morgan fingerprint density at radius 1 is 1.20 bits per heavy atom. The number of aromatic nitrogens is 1. The van der Waals surface area contributed by atoms with Gasteiger partial charge in [-0.05, 0) is 62.4 Å². The van der Waals surface area contributed by atoms with Gasteiger partial charge in [-0.2, -0.15) is 0 Å². The largest absolute Gasteiger partial charge is 0.331 e. The predicted molar refractivity (Wildman–Crippen MR) is 95.2 cm³/mol.